The minimum atomic E-state index is -3.81. The van der Waals surface area contributed by atoms with Gasteiger partial charge in [0.1, 0.15) is 5.75 Å². The van der Waals surface area contributed by atoms with Gasteiger partial charge in [0.15, 0.2) is 0 Å². The summed E-state index contributed by atoms with van der Waals surface area (Å²) < 4.78 is 32.7. The lowest BCUT2D eigenvalue weighted by molar-refractivity contribution is 0.0693. The molecule has 1 aliphatic rings. The standard InChI is InChI=1S/C21H26N2O4S/c1-16-11-13-23(14-12-16)21(24)19-15-18(9-10-20(19)27-3)28(25,26)22(2)17-7-5-4-6-8-17/h4-10,15-16H,11-14H2,1-3H3. The Hall–Kier alpha value is -2.54. The van der Waals surface area contributed by atoms with Gasteiger partial charge >= 0.3 is 0 Å². The predicted molar refractivity (Wildman–Crippen MR) is 109 cm³/mol. The molecule has 3 rings (SSSR count). The molecule has 0 aliphatic carbocycles. The number of nitrogens with zero attached hydrogens (tertiary/aromatic N) is 2. The lowest BCUT2D eigenvalue weighted by Crippen LogP contribution is -2.38. The van der Waals surface area contributed by atoms with Crippen molar-refractivity contribution in [3.63, 3.8) is 0 Å². The fourth-order valence-corrected chi connectivity index (χ4v) is 4.55. The third-order valence-corrected chi connectivity index (χ3v) is 7.03. The Morgan fingerprint density at radius 2 is 1.75 bits per heavy atom. The Morgan fingerprint density at radius 1 is 1.11 bits per heavy atom. The van der Waals surface area contributed by atoms with Crippen molar-refractivity contribution in [2.45, 2.75) is 24.7 Å². The van der Waals surface area contributed by atoms with E-state index in [4.69, 9.17) is 4.74 Å². The van der Waals surface area contributed by atoms with Crippen LogP contribution in [0.25, 0.3) is 0 Å². The van der Waals surface area contributed by atoms with Gasteiger partial charge in [0, 0.05) is 20.1 Å². The topological polar surface area (TPSA) is 66.9 Å². The normalized spacial score (nSPS) is 15.3. The number of hydrogen-bond donors (Lipinski definition) is 0. The van der Waals surface area contributed by atoms with Crippen LogP contribution in [0.15, 0.2) is 53.4 Å². The van der Waals surface area contributed by atoms with E-state index in [1.165, 1.54) is 30.6 Å². The van der Waals surface area contributed by atoms with Crippen LogP contribution in [-0.2, 0) is 10.0 Å². The van der Waals surface area contributed by atoms with E-state index in [2.05, 4.69) is 6.92 Å². The Kier molecular flexibility index (Phi) is 5.93. The summed E-state index contributed by atoms with van der Waals surface area (Å²) in [5, 5.41) is 0. The van der Waals surface area contributed by atoms with Crippen LogP contribution in [0.5, 0.6) is 5.75 Å². The second-order valence-electron chi connectivity index (χ2n) is 7.14. The van der Waals surface area contributed by atoms with Crippen molar-refractivity contribution in [2.75, 3.05) is 31.6 Å². The van der Waals surface area contributed by atoms with Gasteiger partial charge in [-0.2, -0.15) is 0 Å². The molecule has 0 aromatic heterocycles. The SMILES string of the molecule is COc1ccc(S(=O)(=O)N(C)c2ccccc2)cc1C(=O)N1CCC(C)CC1. The number of amides is 1. The molecule has 0 spiro atoms. The quantitative estimate of drug-likeness (QED) is 0.769. The van der Waals surface area contributed by atoms with Crippen LogP contribution in [0.3, 0.4) is 0 Å². The first kappa shape index (κ1) is 20.2. The first-order valence-corrected chi connectivity index (χ1v) is 10.8. The lowest BCUT2D eigenvalue weighted by Gasteiger charge is -2.30. The molecule has 2 aromatic rings. The van der Waals surface area contributed by atoms with Gasteiger partial charge < -0.3 is 9.64 Å². The average molecular weight is 403 g/mol. The smallest absolute Gasteiger partial charge is 0.264 e. The molecule has 6 nitrogen and oxygen atoms in total. The molecule has 0 saturated carbocycles. The molecule has 0 bridgehead atoms. The Morgan fingerprint density at radius 3 is 2.36 bits per heavy atom. The van der Waals surface area contributed by atoms with E-state index in [0.717, 1.165) is 12.8 Å². The molecular weight excluding hydrogens is 376 g/mol. The largest absolute Gasteiger partial charge is 0.496 e. The highest BCUT2D eigenvalue weighted by Gasteiger charge is 2.27. The minimum absolute atomic E-state index is 0.0633. The van der Waals surface area contributed by atoms with E-state index >= 15 is 0 Å². The second kappa shape index (κ2) is 8.22. The molecule has 1 amide bonds. The molecule has 2 aromatic carbocycles. The number of anilines is 1. The number of ether oxygens (including phenoxy) is 1. The summed E-state index contributed by atoms with van der Waals surface area (Å²) >= 11 is 0. The number of hydrogen-bond acceptors (Lipinski definition) is 4. The van der Waals surface area contributed by atoms with E-state index in [1.807, 2.05) is 6.07 Å². The van der Waals surface area contributed by atoms with Crippen molar-refractivity contribution in [1.82, 2.24) is 4.90 Å². The summed E-state index contributed by atoms with van der Waals surface area (Å²) in [5.74, 6) is 0.783. The number of likely N-dealkylation sites (tertiary alicyclic amines) is 1. The summed E-state index contributed by atoms with van der Waals surface area (Å²) in [6.45, 7) is 3.52. The Balaban J connectivity index is 1.95. The van der Waals surface area contributed by atoms with Gasteiger partial charge in [0.2, 0.25) is 0 Å². The highest BCUT2D eigenvalue weighted by Crippen LogP contribution is 2.28. The number of sulfonamides is 1. The highest BCUT2D eigenvalue weighted by atomic mass is 32.2. The lowest BCUT2D eigenvalue weighted by atomic mass is 9.98. The fourth-order valence-electron chi connectivity index (χ4n) is 3.33. The maximum Gasteiger partial charge on any atom is 0.264 e. The zero-order valence-electron chi connectivity index (χ0n) is 16.5. The van der Waals surface area contributed by atoms with Crippen molar-refractivity contribution in [2.24, 2.45) is 5.92 Å². The van der Waals surface area contributed by atoms with E-state index in [-0.39, 0.29) is 16.4 Å². The molecule has 0 unspecified atom stereocenters. The monoisotopic (exact) mass is 402 g/mol. The Labute approximate surface area is 166 Å². The molecule has 28 heavy (non-hydrogen) atoms. The third-order valence-electron chi connectivity index (χ3n) is 5.25. The number of benzene rings is 2. The van der Waals surface area contributed by atoms with Gasteiger partial charge in [0.05, 0.1) is 23.3 Å². The van der Waals surface area contributed by atoms with Crippen LogP contribution < -0.4 is 9.04 Å². The van der Waals surface area contributed by atoms with Crippen LogP contribution in [0, 0.1) is 5.92 Å². The third kappa shape index (κ3) is 3.99. The molecule has 1 heterocycles. The first-order valence-electron chi connectivity index (χ1n) is 9.36. The summed E-state index contributed by atoms with van der Waals surface area (Å²) in [5.41, 5.74) is 0.829. The number of piperidine rings is 1. The zero-order chi connectivity index (χ0) is 20.3. The summed E-state index contributed by atoms with van der Waals surface area (Å²) in [7, 11) is -0.822. The number of methoxy groups -OCH3 is 1. The summed E-state index contributed by atoms with van der Waals surface area (Å²) in [4.78, 5) is 14.9. The Bertz CT molecular complexity index is 936. The highest BCUT2D eigenvalue weighted by molar-refractivity contribution is 7.92. The summed E-state index contributed by atoms with van der Waals surface area (Å²) in [6, 6.07) is 13.3. The molecule has 1 saturated heterocycles. The minimum Gasteiger partial charge on any atom is -0.496 e. The molecule has 0 N–H and O–H groups in total. The van der Waals surface area contributed by atoms with Crippen molar-refractivity contribution in [3.05, 3.63) is 54.1 Å². The van der Waals surface area contributed by atoms with Crippen LogP contribution >= 0.6 is 0 Å². The van der Waals surface area contributed by atoms with E-state index in [1.54, 1.807) is 35.2 Å². The molecule has 0 radical (unpaired) electrons. The van der Waals surface area contributed by atoms with Crippen LogP contribution in [0.2, 0.25) is 0 Å². The molecular formula is C21H26N2O4S. The van der Waals surface area contributed by atoms with Gasteiger partial charge in [-0.15, -0.1) is 0 Å². The average Bonchev–Trinajstić information content (AvgIpc) is 2.73. The van der Waals surface area contributed by atoms with Gasteiger partial charge in [-0.3, -0.25) is 9.10 Å². The maximum atomic E-state index is 13.1. The van der Waals surface area contributed by atoms with E-state index in [9.17, 15) is 13.2 Å². The second-order valence-corrected chi connectivity index (χ2v) is 9.11. The number of carbonyl (C=O) groups is 1. The summed E-state index contributed by atoms with van der Waals surface area (Å²) in [6.07, 6.45) is 1.89. The van der Waals surface area contributed by atoms with Crippen LogP contribution in [0.1, 0.15) is 30.1 Å². The van der Waals surface area contributed by atoms with Gasteiger partial charge in [-0.25, -0.2) is 8.42 Å². The van der Waals surface area contributed by atoms with E-state index in [0.29, 0.717) is 30.4 Å². The van der Waals surface area contributed by atoms with E-state index < -0.39 is 10.0 Å². The van der Waals surface area contributed by atoms with Crippen molar-refractivity contribution in [1.29, 1.82) is 0 Å². The maximum absolute atomic E-state index is 13.1. The predicted octanol–water partition coefficient (Wildman–Crippen LogP) is 3.39. The first-order chi connectivity index (χ1) is 13.3. The number of para-hydroxylation sites is 1. The molecule has 150 valence electrons. The van der Waals surface area contributed by atoms with Crippen molar-refractivity contribution >= 4 is 21.6 Å². The molecule has 0 atom stereocenters. The van der Waals surface area contributed by atoms with Crippen molar-refractivity contribution in [3.8, 4) is 5.75 Å². The molecule has 1 aliphatic heterocycles. The number of rotatable bonds is 5. The van der Waals surface area contributed by atoms with Gasteiger partial charge in [-0.1, -0.05) is 25.1 Å². The van der Waals surface area contributed by atoms with Crippen LogP contribution in [0.4, 0.5) is 5.69 Å². The van der Waals surface area contributed by atoms with Crippen LogP contribution in [-0.4, -0.2) is 46.5 Å². The zero-order valence-corrected chi connectivity index (χ0v) is 17.3. The van der Waals surface area contributed by atoms with Gasteiger partial charge in [-0.05, 0) is 49.1 Å². The van der Waals surface area contributed by atoms with Crippen molar-refractivity contribution < 1.29 is 17.9 Å². The fraction of sp³-hybridized carbons (Fsp3) is 0.381. The van der Waals surface area contributed by atoms with Gasteiger partial charge in [0.25, 0.3) is 15.9 Å². The molecule has 7 heteroatoms. The molecule has 1 fully saturated rings. The number of carbonyl (C=O) groups excluding carboxylic acids is 1.